The van der Waals surface area contributed by atoms with Crippen molar-refractivity contribution in [2.45, 2.75) is 38.1 Å². The van der Waals surface area contributed by atoms with E-state index in [4.69, 9.17) is 5.73 Å². The Morgan fingerprint density at radius 1 is 1.47 bits per heavy atom. The molecule has 2 rings (SSSR count). The number of anilines is 1. The lowest BCUT2D eigenvalue weighted by atomic mass is 9.96. The smallest absolute Gasteiger partial charge is 0.263 e. The summed E-state index contributed by atoms with van der Waals surface area (Å²) >= 11 is 1.25. The van der Waals surface area contributed by atoms with Gasteiger partial charge in [0.15, 0.2) is 5.13 Å². The molecule has 1 heterocycles. The van der Waals surface area contributed by atoms with Crippen LogP contribution in [0, 0.1) is 6.92 Å². The number of rotatable bonds is 4. The lowest BCUT2D eigenvalue weighted by molar-refractivity contribution is 0.0903. The summed E-state index contributed by atoms with van der Waals surface area (Å²) in [6, 6.07) is 0. The van der Waals surface area contributed by atoms with Crippen molar-refractivity contribution in [3.05, 3.63) is 10.6 Å². The van der Waals surface area contributed by atoms with Crippen molar-refractivity contribution < 1.29 is 4.79 Å². The maximum absolute atomic E-state index is 12.2. The SMILES string of the molecule is Cc1nc(N)sc1C(=O)NCC1(N(C)C)CCCC1. The molecule has 1 amide bonds. The second-order valence-corrected chi connectivity index (χ2v) is 6.51. The number of aromatic nitrogens is 1. The lowest BCUT2D eigenvalue weighted by Gasteiger charge is -2.36. The Bertz CT molecular complexity index is 463. The van der Waals surface area contributed by atoms with Crippen LogP contribution < -0.4 is 11.1 Å². The number of likely N-dealkylation sites (N-methyl/N-ethyl adjacent to an activating group) is 1. The molecule has 106 valence electrons. The first-order chi connectivity index (χ1) is 8.94. The molecule has 1 saturated carbocycles. The minimum atomic E-state index is -0.0557. The fourth-order valence-corrected chi connectivity index (χ4v) is 3.52. The van der Waals surface area contributed by atoms with Gasteiger partial charge in [-0.05, 0) is 33.9 Å². The molecular formula is C13H22N4OS. The zero-order valence-corrected chi connectivity index (χ0v) is 12.6. The van der Waals surface area contributed by atoms with Crippen LogP contribution >= 0.6 is 11.3 Å². The minimum absolute atomic E-state index is 0.0557. The third-order valence-corrected chi connectivity index (χ3v) is 5.07. The first kappa shape index (κ1) is 14.3. The maximum Gasteiger partial charge on any atom is 0.263 e. The molecule has 1 aromatic rings. The Kier molecular flexibility index (Phi) is 4.10. The molecule has 0 unspecified atom stereocenters. The molecular weight excluding hydrogens is 260 g/mol. The number of nitrogens with two attached hydrogens (primary N) is 1. The van der Waals surface area contributed by atoms with E-state index in [0.29, 0.717) is 22.2 Å². The summed E-state index contributed by atoms with van der Waals surface area (Å²) < 4.78 is 0. The zero-order chi connectivity index (χ0) is 14.0. The summed E-state index contributed by atoms with van der Waals surface area (Å²) in [7, 11) is 4.18. The van der Waals surface area contributed by atoms with Crippen LogP contribution in [0.3, 0.4) is 0 Å². The summed E-state index contributed by atoms with van der Waals surface area (Å²) in [6.07, 6.45) is 4.76. The molecule has 1 aliphatic carbocycles. The molecule has 0 bridgehead atoms. The number of amides is 1. The van der Waals surface area contributed by atoms with Crippen LogP contribution in [-0.4, -0.2) is 42.0 Å². The number of nitrogens with zero attached hydrogens (tertiary/aromatic N) is 2. The van der Waals surface area contributed by atoms with Crippen molar-refractivity contribution in [1.82, 2.24) is 15.2 Å². The van der Waals surface area contributed by atoms with E-state index in [2.05, 4.69) is 29.3 Å². The van der Waals surface area contributed by atoms with Crippen LogP contribution in [0.4, 0.5) is 5.13 Å². The highest BCUT2D eigenvalue weighted by molar-refractivity contribution is 7.17. The molecule has 1 aliphatic rings. The summed E-state index contributed by atoms with van der Waals surface area (Å²) in [5.41, 5.74) is 6.45. The van der Waals surface area contributed by atoms with Crippen molar-refractivity contribution in [2.24, 2.45) is 0 Å². The number of carbonyl (C=O) groups is 1. The van der Waals surface area contributed by atoms with Gasteiger partial charge < -0.3 is 16.0 Å². The Morgan fingerprint density at radius 3 is 2.58 bits per heavy atom. The van der Waals surface area contributed by atoms with Gasteiger partial charge in [0.25, 0.3) is 5.91 Å². The number of hydrogen-bond donors (Lipinski definition) is 2. The second-order valence-electron chi connectivity index (χ2n) is 5.48. The van der Waals surface area contributed by atoms with Gasteiger partial charge in [-0.2, -0.15) is 0 Å². The summed E-state index contributed by atoms with van der Waals surface area (Å²) in [4.78, 5) is 19.1. The first-order valence-corrected chi connectivity index (χ1v) is 7.45. The second kappa shape index (κ2) is 5.46. The largest absolute Gasteiger partial charge is 0.375 e. The molecule has 19 heavy (non-hydrogen) atoms. The number of nitrogen functional groups attached to an aromatic ring is 1. The average molecular weight is 282 g/mol. The van der Waals surface area contributed by atoms with E-state index in [0.717, 1.165) is 12.8 Å². The number of hydrogen-bond acceptors (Lipinski definition) is 5. The van der Waals surface area contributed by atoms with Gasteiger partial charge in [-0.3, -0.25) is 4.79 Å². The zero-order valence-electron chi connectivity index (χ0n) is 11.8. The number of carbonyl (C=O) groups excluding carboxylic acids is 1. The Balaban J connectivity index is 2.02. The van der Waals surface area contributed by atoms with E-state index in [9.17, 15) is 4.79 Å². The van der Waals surface area contributed by atoms with Crippen LogP contribution in [-0.2, 0) is 0 Å². The summed E-state index contributed by atoms with van der Waals surface area (Å²) in [5, 5.41) is 3.50. The van der Waals surface area contributed by atoms with Gasteiger partial charge in [-0.1, -0.05) is 24.2 Å². The van der Waals surface area contributed by atoms with E-state index in [1.807, 2.05) is 6.92 Å². The third-order valence-electron chi connectivity index (χ3n) is 4.08. The molecule has 0 atom stereocenters. The summed E-state index contributed by atoms with van der Waals surface area (Å²) in [5.74, 6) is -0.0557. The van der Waals surface area contributed by atoms with E-state index < -0.39 is 0 Å². The van der Waals surface area contributed by atoms with Gasteiger partial charge in [0.05, 0.1) is 5.69 Å². The molecule has 0 spiro atoms. The average Bonchev–Trinajstić information content (AvgIpc) is 2.94. The van der Waals surface area contributed by atoms with Gasteiger partial charge in [-0.15, -0.1) is 0 Å². The summed E-state index contributed by atoms with van der Waals surface area (Å²) in [6.45, 7) is 2.51. The molecule has 6 heteroatoms. The first-order valence-electron chi connectivity index (χ1n) is 6.63. The fraction of sp³-hybridized carbons (Fsp3) is 0.692. The molecule has 1 aromatic heterocycles. The molecule has 0 saturated heterocycles. The normalized spacial score (nSPS) is 17.9. The maximum atomic E-state index is 12.2. The lowest BCUT2D eigenvalue weighted by Crippen LogP contribution is -2.50. The highest BCUT2D eigenvalue weighted by atomic mass is 32.1. The van der Waals surface area contributed by atoms with E-state index in [1.54, 1.807) is 0 Å². The Labute approximate surface area is 118 Å². The highest BCUT2D eigenvalue weighted by Crippen LogP contribution is 2.33. The minimum Gasteiger partial charge on any atom is -0.375 e. The quantitative estimate of drug-likeness (QED) is 0.880. The molecule has 3 N–H and O–H groups in total. The fourth-order valence-electron chi connectivity index (χ4n) is 2.77. The van der Waals surface area contributed by atoms with Crippen LogP contribution in [0.15, 0.2) is 0 Å². The molecule has 0 aliphatic heterocycles. The van der Waals surface area contributed by atoms with E-state index in [1.165, 1.54) is 24.2 Å². The van der Waals surface area contributed by atoms with Crippen LogP contribution in [0.5, 0.6) is 0 Å². The monoisotopic (exact) mass is 282 g/mol. The van der Waals surface area contributed by atoms with Gasteiger partial charge in [0.2, 0.25) is 0 Å². The Hall–Kier alpha value is -1.14. The number of nitrogens with one attached hydrogen (secondary N) is 1. The van der Waals surface area contributed by atoms with Crippen molar-refractivity contribution >= 4 is 22.4 Å². The predicted molar refractivity (Wildman–Crippen MR) is 78.5 cm³/mol. The van der Waals surface area contributed by atoms with Crippen molar-refractivity contribution in [1.29, 1.82) is 0 Å². The van der Waals surface area contributed by atoms with Crippen LogP contribution in [0.2, 0.25) is 0 Å². The van der Waals surface area contributed by atoms with Crippen molar-refractivity contribution in [3.63, 3.8) is 0 Å². The predicted octanol–water partition coefficient (Wildman–Crippen LogP) is 1.64. The van der Waals surface area contributed by atoms with Crippen molar-refractivity contribution in [2.75, 3.05) is 26.4 Å². The van der Waals surface area contributed by atoms with Crippen molar-refractivity contribution in [3.8, 4) is 0 Å². The van der Waals surface area contributed by atoms with Gasteiger partial charge >= 0.3 is 0 Å². The third kappa shape index (κ3) is 2.90. The van der Waals surface area contributed by atoms with Crippen LogP contribution in [0.1, 0.15) is 41.0 Å². The standard InChI is InChI=1S/C13H22N4OS/c1-9-10(19-12(14)16-9)11(18)15-8-13(17(2)3)6-4-5-7-13/h4-8H2,1-3H3,(H2,14,16)(H,15,18). The number of aryl methyl sites for hydroxylation is 1. The molecule has 1 fully saturated rings. The number of thiazole rings is 1. The Morgan fingerprint density at radius 2 is 2.11 bits per heavy atom. The molecule has 0 aromatic carbocycles. The van der Waals surface area contributed by atoms with Gasteiger partial charge in [-0.25, -0.2) is 4.98 Å². The van der Waals surface area contributed by atoms with Gasteiger partial charge in [0, 0.05) is 12.1 Å². The molecule has 5 nitrogen and oxygen atoms in total. The van der Waals surface area contributed by atoms with Gasteiger partial charge in [0.1, 0.15) is 4.88 Å². The molecule has 0 radical (unpaired) electrons. The van der Waals surface area contributed by atoms with Crippen LogP contribution in [0.25, 0.3) is 0 Å². The highest BCUT2D eigenvalue weighted by Gasteiger charge is 2.36. The van der Waals surface area contributed by atoms with E-state index in [-0.39, 0.29) is 11.4 Å². The topological polar surface area (TPSA) is 71.2 Å². The van der Waals surface area contributed by atoms with E-state index >= 15 is 0 Å².